The summed E-state index contributed by atoms with van der Waals surface area (Å²) in [5, 5.41) is 6.77. The molecule has 1 saturated heterocycles. The molecular formula is C23H41IN4O2. The van der Waals surface area contributed by atoms with Gasteiger partial charge < -0.3 is 20.1 Å². The van der Waals surface area contributed by atoms with Gasteiger partial charge in [-0.2, -0.15) is 0 Å². The Hall–Kier alpha value is -0.900. The largest absolute Gasteiger partial charge is 0.379 e. The number of nitrogens with one attached hydrogen (secondary N) is 2. The minimum atomic E-state index is 0. The number of guanidine groups is 1. The van der Waals surface area contributed by atoms with Crippen LogP contribution in [0.15, 0.2) is 29.3 Å². The third-order valence-electron chi connectivity index (χ3n) is 5.14. The molecule has 30 heavy (non-hydrogen) atoms. The number of halogens is 1. The van der Waals surface area contributed by atoms with Crippen LogP contribution >= 0.6 is 24.0 Å². The number of hydrogen-bond donors (Lipinski definition) is 2. The molecule has 0 saturated carbocycles. The van der Waals surface area contributed by atoms with E-state index in [1.807, 2.05) is 0 Å². The molecule has 0 aromatic heterocycles. The van der Waals surface area contributed by atoms with E-state index in [1.165, 1.54) is 11.1 Å². The number of ether oxygens (including phenoxy) is 2. The van der Waals surface area contributed by atoms with Crippen LogP contribution in [-0.2, 0) is 22.6 Å². The van der Waals surface area contributed by atoms with Gasteiger partial charge in [0, 0.05) is 39.3 Å². The van der Waals surface area contributed by atoms with Crippen molar-refractivity contribution in [3.05, 3.63) is 35.4 Å². The van der Waals surface area contributed by atoms with Gasteiger partial charge in [-0.05, 0) is 37.3 Å². The third kappa shape index (κ3) is 10.4. The zero-order valence-corrected chi connectivity index (χ0v) is 21.5. The fourth-order valence-corrected chi connectivity index (χ4v) is 3.44. The summed E-state index contributed by atoms with van der Waals surface area (Å²) in [7, 11) is 0. The molecule has 1 aliphatic rings. The molecule has 172 valence electrons. The Balaban J connectivity index is 0.00000450. The monoisotopic (exact) mass is 532 g/mol. The van der Waals surface area contributed by atoms with Gasteiger partial charge >= 0.3 is 0 Å². The molecule has 1 heterocycles. The topological polar surface area (TPSA) is 58.1 Å². The first kappa shape index (κ1) is 27.1. The quantitative estimate of drug-likeness (QED) is 0.259. The van der Waals surface area contributed by atoms with Crippen LogP contribution in [0, 0.1) is 5.92 Å². The summed E-state index contributed by atoms with van der Waals surface area (Å²) < 4.78 is 11.2. The average molecular weight is 533 g/mol. The normalized spacial score (nSPS) is 16.2. The van der Waals surface area contributed by atoms with E-state index < -0.39 is 0 Å². The first-order valence-corrected chi connectivity index (χ1v) is 11.1. The summed E-state index contributed by atoms with van der Waals surface area (Å²) in [6.07, 6.45) is 1.26. The highest BCUT2D eigenvalue weighted by Crippen LogP contribution is 2.11. The molecule has 2 rings (SSSR count). The molecule has 1 atom stereocenters. The number of aliphatic imine (C=N–C) groups is 1. The molecule has 0 amide bonds. The lowest BCUT2D eigenvalue weighted by Crippen LogP contribution is -2.39. The van der Waals surface area contributed by atoms with Crippen LogP contribution in [0.25, 0.3) is 0 Å². The predicted octanol–water partition coefficient (Wildman–Crippen LogP) is 3.64. The van der Waals surface area contributed by atoms with Crippen LogP contribution < -0.4 is 10.6 Å². The molecule has 0 spiro atoms. The molecule has 1 fully saturated rings. The van der Waals surface area contributed by atoms with Crippen molar-refractivity contribution in [2.45, 2.75) is 53.3 Å². The van der Waals surface area contributed by atoms with Gasteiger partial charge in [0.1, 0.15) is 0 Å². The second-order valence-electron chi connectivity index (χ2n) is 7.85. The highest BCUT2D eigenvalue weighted by Gasteiger charge is 2.13. The van der Waals surface area contributed by atoms with Gasteiger partial charge in [0.15, 0.2) is 5.96 Å². The summed E-state index contributed by atoms with van der Waals surface area (Å²) in [5.74, 6) is 1.39. The van der Waals surface area contributed by atoms with Gasteiger partial charge in [0.2, 0.25) is 0 Å². The summed E-state index contributed by atoms with van der Waals surface area (Å²) in [5.41, 5.74) is 2.57. The Morgan fingerprint density at radius 2 is 1.77 bits per heavy atom. The molecular weight excluding hydrogens is 491 g/mol. The van der Waals surface area contributed by atoms with E-state index in [1.54, 1.807) is 0 Å². The molecule has 1 aromatic rings. The third-order valence-corrected chi connectivity index (χ3v) is 5.14. The fraction of sp³-hybridized carbons (Fsp3) is 0.696. The smallest absolute Gasteiger partial charge is 0.191 e. The molecule has 6 nitrogen and oxygen atoms in total. The van der Waals surface area contributed by atoms with Crippen LogP contribution in [0.5, 0.6) is 0 Å². The molecule has 0 aliphatic carbocycles. The number of hydrogen-bond acceptors (Lipinski definition) is 4. The van der Waals surface area contributed by atoms with Crippen LogP contribution in [0.1, 0.15) is 45.2 Å². The lowest BCUT2D eigenvalue weighted by Gasteiger charge is -2.26. The average Bonchev–Trinajstić information content (AvgIpc) is 2.73. The summed E-state index contributed by atoms with van der Waals surface area (Å²) in [4.78, 5) is 7.18. The minimum absolute atomic E-state index is 0. The predicted molar refractivity (Wildman–Crippen MR) is 136 cm³/mol. The summed E-state index contributed by atoms with van der Waals surface area (Å²) in [6.45, 7) is 16.4. The van der Waals surface area contributed by atoms with E-state index in [9.17, 15) is 0 Å². The first-order chi connectivity index (χ1) is 14.1. The van der Waals surface area contributed by atoms with Gasteiger partial charge in [-0.25, -0.2) is 4.99 Å². The van der Waals surface area contributed by atoms with E-state index in [4.69, 9.17) is 14.5 Å². The second-order valence-corrected chi connectivity index (χ2v) is 7.85. The number of morpholine rings is 1. The molecule has 1 aliphatic heterocycles. The second kappa shape index (κ2) is 15.8. The minimum Gasteiger partial charge on any atom is -0.379 e. The Morgan fingerprint density at radius 3 is 2.37 bits per heavy atom. The van der Waals surface area contributed by atoms with E-state index in [2.05, 4.69) is 67.5 Å². The van der Waals surface area contributed by atoms with Crippen molar-refractivity contribution >= 4 is 29.9 Å². The SMILES string of the molecule is CCNC(=NCc1ccc(CN2CCOCC2)cc1)NCCC(OCC)C(C)C.I. The lowest BCUT2D eigenvalue weighted by atomic mass is 10.0. The fourth-order valence-electron chi connectivity index (χ4n) is 3.44. The molecule has 2 N–H and O–H groups in total. The van der Waals surface area contributed by atoms with Gasteiger partial charge in [-0.15, -0.1) is 24.0 Å². The van der Waals surface area contributed by atoms with Crippen molar-refractivity contribution in [1.29, 1.82) is 0 Å². The van der Waals surface area contributed by atoms with Crippen molar-refractivity contribution in [2.75, 3.05) is 46.0 Å². The Bertz CT molecular complexity index is 589. The number of nitrogens with zero attached hydrogens (tertiary/aromatic N) is 2. The van der Waals surface area contributed by atoms with Crippen LogP contribution in [0.2, 0.25) is 0 Å². The van der Waals surface area contributed by atoms with Crippen molar-refractivity contribution < 1.29 is 9.47 Å². The van der Waals surface area contributed by atoms with E-state index in [0.29, 0.717) is 12.5 Å². The summed E-state index contributed by atoms with van der Waals surface area (Å²) in [6, 6.07) is 8.81. The number of rotatable bonds is 11. The zero-order chi connectivity index (χ0) is 20.9. The lowest BCUT2D eigenvalue weighted by molar-refractivity contribution is 0.0258. The van der Waals surface area contributed by atoms with Gasteiger partial charge in [0.25, 0.3) is 0 Å². The maximum Gasteiger partial charge on any atom is 0.191 e. The van der Waals surface area contributed by atoms with Crippen LogP contribution in [0.3, 0.4) is 0 Å². The van der Waals surface area contributed by atoms with Crippen LogP contribution in [0.4, 0.5) is 0 Å². The van der Waals surface area contributed by atoms with E-state index >= 15 is 0 Å². The van der Waals surface area contributed by atoms with E-state index in [0.717, 1.165) is 64.9 Å². The molecule has 1 aromatic carbocycles. The maximum atomic E-state index is 5.83. The molecule has 1 unspecified atom stereocenters. The van der Waals surface area contributed by atoms with Crippen molar-refractivity contribution in [1.82, 2.24) is 15.5 Å². The number of benzene rings is 1. The van der Waals surface area contributed by atoms with E-state index in [-0.39, 0.29) is 30.1 Å². The Kier molecular flexibility index (Phi) is 14.3. The molecule has 0 bridgehead atoms. The Labute approximate surface area is 200 Å². The first-order valence-electron chi connectivity index (χ1n) is 11.1. The van der Waals surface area contributed by atoms with Gasteiger partial charge in [-0.1, -0.05) is 38.1 Å². The van der Waals surface area contributed by atoms with Crippen LogP contribution in [-0.4, -0.2) is 63.0 Å². The molecule has 7 heteroatoms. The Morgan fingerprint density at radius 1 is 1.10 bits per heavy atom. The van der Waals surface area contributed by atoms with Gasteiger partial charge in [-0.3, -0.25) is 4.90 Å². The van der Waals surface area contributed by atoms with Crippen molar-refractivity contribution in [2.24, 2.45) is 10.9 Å². The molecule has 0 radical (unpaired) electrons. The van der Waals surface area contributed by atoms with Crippen molar-refractivity contribution in [3.8, 4) is 0 Å². The van der Waals surface area contributed by atoms with Crippen molar-refractivity contribution in [3.63, 3.8) is 0 Å². The van der Waals surface area contributed by atoms with Gasteiger partial charge in [0.05, 0.1) is 25.9 Å². The summed E-state index contributed by atoms with van der Waals surface area (Å²) >= 11 is 0. The zero-order valence-electron chi connectivity index (χ0n) is 19.2. The highest BCUT2D eigenvalue weighted by molar-refractivity contribution is 14.0. The highest BCUT2D eigenvalue weighted by atomic mass is 127. The maximum absolute atomic E-state index is 5.83. The standard InChI is InChI=1S/C23H40N4O2.HI/c1-5-24-23(25-12-11-22(19(3)4)29-6-2)26-17-20-7-9-21(10-8-20)18-27-13-15-28-16-14-27;/h7-10,19,22H,5-6,11-18H2,1-4H3,(H2,24,25,26);1H.